The topological polar surface area (TPSA) is 64.3 Å². The molecule has 2 rings (SSSR count). The van der Waals surface area contributed by atoms with Gasteiger partial charge in [0.1, 0.15) is 5.75 Å². The van der Waals surface area contributed by atoms with Crippen LogP contribution in [0.15, 0.2) is 24.3 Å². The molecule has 1 aromatic carbocycles. The van der Waals surface area contributed by atoms with Crippen LogP contribution in [0.1, 0.15) is 44.1 Å². The van der Waals surface area contributed by atoms with Crippen LogP contribution in [0.4, 0.5) is 0 Å². The van der Waals surface area contributed by atoms with Crippen LogP contribution in [0.5, 0.6) is 5.75 Å². The molecule has 0 unspecified atom stereocenters. The van der Waals surface area contributed by atoms with Gasteiger partial charge in [-0.1, -0.05) is 37.8 Å². The number of nitrogens with two attached hydrogens (primary N) is 1. The Kier molecular flexibility index (Phi) is 5.62. The predicted octanol–water partition coefficient (Wildman–Crippen LogP) is 2.61. The van der Waals surface area contributed by atoms with Gasteiger partial charge in [-0.15, -0.1) is 0 Å². The van der Waals surface area contributed by atoms with E-state index in [1.54, 1.807) is 7.11 Å². The fourth-order valence-corrected chi connectivity index (χ4v) is 3.04. The number of nitrogens with one attached hydrogen (secondary N) is 1. The van der Waals surface area contributed by atoms with Crippen LogP contribution in [0.25, 0.3) is 0 Å². The van der Waals surface area contributed by atoms with Gasteiger partial charge in [0.15, 0.2) is 0 Å². The minimum atomic E-state index is -0.358. The molecule has 1 aliphatic carbocycles. The number of hydrogen-bond donors (Lipinski definition) is 2. The Bertz CT molecular complexity index is 448. The summed E-state index contributed by atoms with van der Waals surface area (Å²) in [5, 5.41) is 3.07. The Hall–Kier alpha value is -1.55. The second kappa shape index (κ2) is 7.46. The average molecular weight is 290 g/mol. The van der Waals surface area contributed by atoms with Gasteiger partial charge in [0.2, 0.25) is 5.91 Å². The van der Waals surface area contributed by atoms with Crippen molar-refractivity contribution in [3.63, 3.8) is 0 Å². The van der Waals surface area contributed by atoms with Crippen LogP contribution < -0.4 is 15.8 Å². The summed E-state index contributed by atoms with van der Waals surface area (Å²) in [5.41, 5.74) is 6.65. The van der Waals surface area contributed by atoms with Gasteiger partial charge in [0.05, 0.1) is 12.5 Å². The van der Waals surface area contributed by atoms with E-state index < -0.39 is 0 Å². The number of hydrogen-bond acceptors (Lipinski definition) is 3. The van der Waals surface area contributed by atoms with Gasteiger partial charge in [0.25, 0.3) is 0 Å². The van der Waals surface area contributed by atoms with Gasteiger partial charge in [-0.05, 0) is 30.5 Å². The summed E-state index contributed by atoms with van der Waals surface area (Å²) in [6.07, 6.45) is 6.47. The zero-order valence-electron chi connectivity index (χ0n) is 12.9. The lowest BCUT2D eigenvalue weighted by molar-refractivity contribution is -0.131. The van der Waals surface area contributed by atoms with Crippen molar-refractivity contribution >= 4 is 5.91 Å². The molecule has 1 fully saturated rings. The van der Waals surface area contributed by atoms with E-state index in [0.717, 1.165) is 37.0 Å². The highest BCUT2D eigenvalue weighted by Crippen LogP contribution is 2.34. The molecule has 0 spiro atoms. The van der Waals surface area contributed by atoms with Crippen molar-refractivity contribution in [2.24, 2.45) is 11.1 Å². The summed E-state index contributed by atoms with van der Waals surface area (Å²) >= 11 is 0. The summed E-state index contributed by atoms with van der Waals surface area (Å²) in [7, 11) is 1.65. The van der Waals surface area contributed by atoms with Crippen molar-refractivity contribution in [2.45, 2.75) is 45.1 Å². The van der Waals surface area contributed by atoms with Crippen LogP contribution in [0, 0.1) is 5.41 Å². The number of carbonyl (C=O) groups excluding carboxylic acids is 1. The van der Waals surface area contributed by atoms with E-state index in [4.69, 9.17) is 10.5 Å². The molecule has 21 heavy (non-hydrogen) atoms. The van der Waals surface area contributed by atoms with Crippen LogP contribution in [0.2, 0.25) is 0 Å². The number of carbonyl (C=O) groups is 1. The Balaban J connectivity index is 1.95. The van der Waals surface area contributed by atoms with Gasteiger partial charge in [-0.25, -0.2) is 0 Å². The van der Waals surface area contributed by atoms with Gasteiger partial charge >= 0.3 is 0 Å². The zero-order chi connectivity index (χ0) is 15.1. The quantitative estimate of drug-likeness (QED) is 0.819. The van der Waals surface area contributed by atoms with Crippen LogP contribution in [-0.2, 0) is 11.3 Å². The van der Waals surface area contributed by atoms with E-state index >= 15 is 0 Å². The molecule has 1 aliphatic rings. The van der Waals surface area contributed by atoms with E-state index in [9.17, 15) is 4.79 Å². The fraction of sp³-hybridized carbons (Fsp3) is 0.588. The first-order chi connectivity index (χ1) is 10.2. The molecule has 0 aliphatic heterocycles. The molecule has 4 nitrogen and oxygen atoms in total. The predicted molar refractivity (Wildman–Crippen MR) is 84.0 cm³/mol. The van der Waals surface area contributed by atoms with Gasteiger partial charge in [-0.2, -0.15) is 0 Å². The van der Waals surface area contributed by atoms with Crippen molar-refractivity contribution in [3.05, 3.63) is 29.8 Å². The molecule has 4 heteroatoms. The molecule has 0 saturated heterocycles. The lowest BCUT2D eigenvalue weighted by Crippen LogP contribution is -2.45. The highest BCUT2D eigenvalue weighted by Gasteiger charge is 2.36. The Morgan fingerprint density at radius 2 is 1.81 bits per heavy atom. The number of ether oxygens (including phenoxy) is 1. The normalized spacial score (nSPS) is 17.8. The molecule has 0 radical (unpaired) electrons. The zero-order valence-corrected chi connectivity index (χ0v) is 12.9. The number of rotatable bonds is 5. The third-order valence-electron chi connectivity index (χ3n) is 4.55. The maximum atomic E-state index is 12.6. The molecule has 0 bridgehead atoms. The first-order valence-electron chi connectivity index (χ1n) is 7.81. The lowest BCUT2D eigenvalue weighted by Gasteiger charge is -2.29. The Morgan fingerprint density at radius 3 is 2.33 bits per heavy atom. The highest BCUT2D eigenvalue weighted by atomic mass is 16.5. The summed E-state index contributed by atoms with van der Waals surface area (Å²) in [6, 6.07) is 7.76. The van der Waals surface area contributed by atoms with Gasteiger partial charge < -0.3 is 15.8 Å². The van der Waals surface area contributed by atoms with Crippen molar-refractivity contribution in [3.8, 4) is 5.75 Å². The monoisotopic (exact) mass is 290 g/mol. The molecule has 3 N–H and O–H groups in total. The molecule has 1 saturated carbocycles. The third kappa shape index (κ3) is 3.97. The highest BCUT2D eigenvalue weighted by molar-refractivity contribution is 5.82. The van der Waals surface area contributed by atoms with E-state index in [2.05, 4.69) is 5.32 Å². The number of benzene rings is 1. The second-order valence-corrected chi connectivity index (χ2v) is 5.93. The second-order valence-electron chi connectivity index (χ2n) is 5.93. The Labute approximate surface area is 127 Å². The lowest BCUT2D eigenvalue weighted by atomic mass is 9.79. The number of amides is 1. The van der Waals surface area contributed by atoms with Crippen LogP contribution in [-0.4, -0.2) is 19.6 Å². The molecule has 1 amide bonds. The SMILES string of the molecule is COc1ccc(CNC(=O)C2(CN)CCCCCC2)cc1. The van der Waals surface area contributed by atoms with Crippen molar-refractivity contribution in [1.29, 1.82) is 0 Å². The fourth-order valence-electron chi connectivity index (χ4n) is 3.04. The summed E-state index contributed by atoms with van der Waals surface area (Å²) in [5.74, 6) is 0.940. The minimum absolute atomic E-state index is 0.114. The molecule has 0 heterocycles. The maximum Gasteiger partial charge on any atom is 0.227 e. The molecular formula is C17H26N2O2. The van der Waals surface area contributed by atoms with E-state index in [1.165, 1.54) is 12.8 Å². The Morgan fingerprint density at radius 1 is 1.19 bits per heavy atom. The minimum Gasteiger partial charge on any atom is -0.497 e. The largest absolute Gasteiger partial charge is 0.497 e. The third-order valence-corrected chi connectivity index (χ3v) is 4.55. The van der Waals surface area contributed by atoms with Crippen LogP contribution in [0.3, 0.4) is 0 Å². The number of methoxy groups -OCH3 is 1. The molecule has 0 atom stereocenters. The molecular weight excluding hydrogens is 264 g/mol. The summed E-state index contributed by atoms with van der Waals surface area (Å²) in [4.78, 5) is 12.6. The first-order valence-corrected chi connectivity index (χ1v) is 7.81. The molecule has 1 aromatic rings. The average Bonchev–Trinajstić information content (AvgIpc) is 2.79. The van der Waals surface area contributed by atoms with E-state index in [0.29, 0.717) is 13.1 Å². The van der Waals surface area contributed by atoms with Crippen LogP contribution >= 0.6 is 0 Å². The van der Waals surface area contributed by atoms with Gasteiger partial charge in [0, 0.05) is 13.1 Å². The molecule has 0 aromatic heterocycles. The van der Waals surface area contributed by atoms with Crippen molar-refractivity contribution in [2.75, 3.05) is 13.7 Å². The standard InChI is InChI=1S/C17H26N2O2/c1-21-15-8-6-14(7-9-15)12-19-16(20)17(13-18)10-4-2-3-5-11-17/h6-9H,2-5,10-13,18H2,1H3,(H,19,20). The summed E-state index contributed by atoms with van der Waals surface area (Å²) in [6.45, 7) is 0.992. The summed E-state index contributed by atoms with van der Waals surface area (Å²) < 4.78 is 5.13. The molecule has 116 valence electrons. The van der Waals surface area contributed by atoms with E-state index in [-0.39, 0.29) is 11.3 Å². The van der Waals surface area contributed by atoms with E-state index in [1.807, 2.05) is 24.3 Å². The smallest absolute Gasteiger partial charge is 0.227 e. The first kappa shape index (κ1) is 15.8. The van der Waals surface area contributed by atoms with Crippen molar-refractivity contribution in [1.82, 2.24) is 5.32 Å². The van der Waals surface area contributed by atoms with Crippen molar-refractivity contribution < 1.29 is 9.53 Å². The van der Waals surface area contributed by atoms with Gasteiger partial charge in [-0.3, -0.25) is 4.79 Å². The maximum absolute atomic E-state index is 12.6.